The highest BCUT2D eigenvalue weighted by atomic mass is 16.7. The van der Waals surface area contributed by atoms with E-state index >= 15 is 0 Å². The molecule has 5 nitrogen and oxygen atoms in total. The number of hydroxylamine groups is 1. The van der Waals surface area contributed by atoms with E-state index in [2.05, 4.69) is 17.7 Å². The lowest BCUT2D eigenvalue weighted by Gasteiger charge is -2.12. The Kier molecular flexibility index (Phi) is 5.01. The lowest BCUT2D eigenvalue weighted by atomic mass is 10.1. The molecule has 0 saturated carbocycles. The van der Waals surface area contributed by atoms with Crippen LogP contribution in [0.4, 0.5) is 0 Å². The maximum absolute atomic E-state index is 11.2. The van der Waals surface area contributed by atoms with Gasteiger partial charge >= 0.3 is 0 Å². The van der Waals surface area contributed by atoms with Crippen LogP contribution in [-0.4, -0.2) is 17.6 Å². The monoisotopic (exact) mass is 276 g/mol. The van der Waals surface area contributed by atoms with Crippen LogP contribution in [0.15, 0.2) is 18.2 Å². The van der Waals surface area contributed by atoms with Gasteiger partial charge in [0, 0.05) is 23.7 Å². The SMILES string of the molecule is CCCCCNCc1ccc2c(c1O)ONC(=O)C=C2. The number of benzene rings is 1. The van der Waals surface area contributed by atoms with E-state index in [0.717, 1.165) is 18.5 Å². The molecule has 0 spiro atoms. The van der Waals surface area contributed by atoms with Gasteiger partial charge in [0.2, 0.25) is 5.75 Å². The largest absolute Gasteiger partial charge is 0.504 e. The fraction of sp³-hybridized carbons (Fsp3) is 0.400. The van der Waals surface area contributed by atoms with Crippen LogP contribution >= 0.6 is 0 Å². The van der Waals surface area contributed by atoms with Crippen LogP contribution < -0.4 is 15.6 Å². The number of phenolic OH excluding ortho intramolecular Hbond substituents is 1. The van der Waals surface area contributed by atoms with Gasteiger partial charge in [-0.15, -0.1) is 0 Å². The maximum atomic E-state index is 11.2. The molecule has 0 atom stereocenters. The molecule has 1 aromatic carbocycles. The second-order valence-electron chi connectivity index (χ2n) is 4.78. The molecule has 0 bridgehead atoms. The van der Waals surface area contributed by atoms with E-state index < -0.39 is 0 Å². The Morgan fingerprint density at radius 2 is 2.15 bits per heavy atom. The molecule has 0 unspecified atom stereocenters. The summed E-state index contributed by atoms with van der Waals surface area (Å²) in [6.07, 6.45) is 6.50. The average Bonchev–Trinajstić information content (AvgIpc) is 2.64. The van der Waals surface area contributed by atoms with Crippen molar-refractivity contribution in [1.82, 2.24) is 10.8 Å². The summed E-state index contributed by atoms with van der Waals surface area (Å²) >= 11 is 0. The molecular weight excluding hydrogens is 256 g/mol. The van der Waals surface area contributed by atoms with E-state index in [1.54, 1.807) is 6.08 Å². The fourth-order valence-electron chi connectivity index (χ4n) is 2.03. The lowest BCUT2D eigenvalue weighted by molar-refractivity contribution is -0.122. The van der Waals surface area contributed by atoms with Crippen LogP contribution in [0.25, 0.3) is 6.08 Å². The zero-order valence-electron chi connectivity index (χ0n) is 11.6. The summed E-state index contributed by atoms with van der Waals surface area (Å²) in [5, 5.41) is 13.5. The molecule has 0 aliphatic carbocycles. The molecule has 3 N–H and O–H groups in total. The van der Waals surface area contributed by atoms with Gasteiger partial charge in [-0.1, -0.05) is 31.9 Å². The molecule has 0 fully saturated rings. The summed E-state index contributed by atoms with van der Waals surface area (Å²) in [5.41, 5.74) is 3.68. The summed E-state index contributed by atoms with van der Waals surface area (Å²) in [7, 11) is 0. The van der Waals surface area contributed by atoms with E-state index in [9.17, 15) is 9.90 Å². The van der Waals surface area contributed by atoms with Gasteiger partial charge in [0.25, 0.3) is 5.91 Å². The number of unbranched alkanes of at least 4 members (excludes halogenated alkanes) is 2. The van der Waals surface area contributed by atoms with Crippen molar-refractivity contribution in [2.45, 2.75) is 32.7 Å². The molecule has 1 heterocycles. The van der Waals surface area contributed by atoms with Gasteiger partial charge < -0.3 is 15.3 Å². The summed E-state index contributed by atoms with van der Waals surface area (Å²) in [6, 6.07) is 3.67. The second-order valence-corrected chi connectivity index (χ2v) is 4.78. The molecule has 108 valence electrons. The summed E-state index contributed by atoms with van der Waals surface area (Å²) in [6.45, 7) is 3.66. The van der Waals surface area contributed by atoms with Crippen LogP contribution in [0.3, 0.4) is 0 Å². The molecule has 20 heavy (non-hydrogen) atoms. The van der Waals surface area contributed by atoms with Crippen molar-refractivity contribution >= 4 is 12.0 Å². The van der Waals surface area contributed by atoms with Crippen molar-refractivity contribution in [2.24, 2.45) is 0 Å². The van der Waals surface area contributed by atoms with Crippen LogP contribution in [-0.2, 0) is 11.3 Å². The molecular formula is C15H20N2O3. The minimum absolute atomic E-state index is 0.0670. The van der Waals surface area contributed by atoms with Gasteiger partial charge in [0.1, 0.15) is 0 Å². The number of nitrogens with one attached hydrogen (secondary N) is 2. The number of hydrogen-bond acceptors (Lipinski definition) is 4. The third-order valence-electron chi connectivity index (χ3n) is 3.19. The Labute approximate surface area is 118 Å². The number of hydrogen-bond donors (Lipinski definition) is 3. The summed E-state index contributed by atoms with van der Waals surface area (Å²) < 4.78 is 0. The fourth-order valence-corrected chi connectivity index (χ4v) is 2.03. The first kappa shape index (κ1) is 14.4. The van der Waals surface area contributed by atoms with Gasteiger partial charge in [-0.25, -0.2) is 0 Å². The highest BCUT2D eigenvalue weighted by molar-refractivity contribution is 5.92. The van der Waals surface area contributed by atoms with E-state index in [-0.39, 0.29) is 11.7 Å². The molecule has 0 radical (unpaired) electrons. The number of rotatable bonds is 6. The minimum atomic E-state index is -0.347. The molecule has 1 aliphatic rings. The summed E-state index contributed by atoms with van der Waals surface area (Å²) in [5.74, 6) is 0.0112. The quantitative estimate of drug-likeness (QED) is 0.696. The maximum Gasteiger partial charge on any atom is 0.276 e. The Balaban J connectivity index is 2.03. The molecule has 1 aromatic rings. The first-order chi connectivity index (χ1) is 9.72. The number of phenols is 1. The lowest BCUT2D eigenvalue weighted by Crippen LogP contribution is -2.24. The van der Waals surface area contributed by atoms with Crippen LogP contribution in [0.1, 0.15) is 37.3 Å². The number of carbonyl (C=O) groups excluding carboxylic acids is 1. The van der Waals surface area contributed by atoms with Crippen molar-refractivity contribution in [1.29, 1.82) is 0 Å². The number of aromatic hydroxyl groups is 1. The second kappa shape index (κ2) is 6.96. The van der Waals surface area contributed by atoms with Gasteiger partial charge in [0.05, 0.1) is 0 Å². The minimum Gasteiger partial charge on any atom is -0.504 e. The Hall–Kier alpha value is -2.01. The predicted octanol–water partition coefficient (Wildman–Crippen LogP) is 2.11. The average molecular weight is 276 g/mol. The first-order valence-electron chi connectivity index (χ1n) is 6.93. The topological polar surface area (TPSA) is 70.6 Å². The van der Waals surface area contributed by atoms with Crippen molar-refractivity contribution in [3.05, 3.63) is 29.3 Å². The Bertz CT molecular complexity index is 512. The van der Waals surface area contributed by atoms with E-state index in [4.69, 9.17) is 4.84 Å². The van der Waals surface area contributed by atoms with Crippen molar-refractivity contribution in [3.63, 3.8) is 0 Å². The molecule has 5 heteroatoms. The number of carbonyl (C=O) groups is 1. The van der Waals surface area contributed by atoms with E-state index in [1.165, 1.54) is 18.9 Å². The Morgan fingerprint density at radius 3 is 2.95 bits per heavy atom. The van der Waals surface area contributed by atoms with Gasteiger partial charge in [0.15, 0.2) is 5.75 Å². The van der Waals surface area contributed by atoms with Crippen LogP contribution in [0.2, 0.25) is 0 Å². The van der Waals surface area contributed by atoms with Crippen LogP contribution in [0.5, 0.6) is 11.5 Å². The predicted molar refractivity (Wildman–Crippen MR) is 77.1 cm³/mol. The van der Waals surface area contributed by atoms with Crippen molar-refractivity contribution in [2.75, 3.05) is 6.54 Å². The number of amides is 1. The zero-order valence-corrected chi connectivity index (χ0v) is 11.6. The first-order valence-corrected chi connectivity index (χ1v) is 6.93. The Morgan fingerprint density at radius 1 is 1.30 bits per heavy atom. The molecule has 1 amide bonds. The smallest absolute Gasteiger partial charge is 0.276 e. The molecule has 2 rings (SSSR count). The van der Waals surface area contributed by atoms with E-state index in [1.807, 2.05) is 12.1 Å². The van der Waals surface area contributed by atoms with Crippen LogP contribution in [0, 0.1) is 0 Å². The summed E-state index contributed by atoms with van der Waals surface area (Å²) in [4.78, 5) is 16.3. The molecule has 1 aliphatic heterocycles. The standard InChI is InChI=1S/C15H20N2O3/c1-2-3-4-9-16-10-12-6-5-11-7-8-13(18)17-20-15(11)14(12)19/h5-8,16,19H,2-4,9-10H2,1H3,(H,17,18). The van der Waals surface area contributed by atoms with Gasteiger partial charge in [-0.05, 0) is 19.0 Å². The molecule has 0 aromatic heterocycles. The highest BCUT2D eigenvalue weighted by Crippen LogP contribution is 2.35. The highest BCUT2D eigenvalue weighted by Gasteiger charge is 2.16. The number of fused-ring (bicyclic) bond motifs is 1. The zero-order chi connectivity index (χ0) is 14.4. The third-order valence-corrected chi connectivity index (χ3v) is 3.19. The van der Waals surface area contributed by atoms with Crippen molar-refractivity contribution in [3.8, 4) is 11.5 Å². The van der Waals surface area contributed by atoms with E-state index in [0.29, 0.717) is 17.9 Å². The van der Waals surface area contributed by atoms with Gasteiger partial charge in [-0.2, -0.15) is 5.48 Å². The van der Waals surface area contributed by atoms with Gasteiger partial charge in [-0.3, -0.25) is 4.79 Å². The normalized spacial score (nSPS) is 13.3. The molecule has 0 saturated heterocycles. The third kappa shape index (κ3) is 3.51. The van der Waals surface area contributed by atoms with Crippen molar-refractivity contribution < 1.29 is 14.7 Å².